The lowest BCUT2D eigenvalue weighted by Crippen LogP contribution is -2.27. The quantitative estimate of drug-likeness (QED) is 0.637. The first-order valence-corrected chi connectivity index (χ1v) is 5.72. The second kappa shape index (κ2) is 5.64. The van der Waals surface area contributed by atoms with Crippen LogP contribution in [0.2, 0.25) is 0 Å². The molecular formula is C12H27N. The van der Waals surface area contributed by atoms with Crippen molar-refractivity contribution in [3.05, 3.63) is 0 Å². The summed E-state index contributed by atoms with van der Waals surface area (Å²) in [6.07, 6.45) is 1.37. The highest BCUT2D eigenvalue weighted by molar-refractivity contribution is 4.82. The second-order valence-electron chi connectivity index (χ2n) is 5.04. The lowest BCUT2D eigenvalue weighted by Gasteiger charge is -2.20. The van der Waals surface area contributed by atoms with Crippen molar-refractivity contribution in [2.45, 2.75) is 48.0 Å². The van der Waals surface area contributed by atoms with Crippen molar-refractivity contribution < 1.29 is 0 Å². The molecule has 1 nitrogen and oxygen atoms in total. The molecule has 1 heterocycles. The van der Waals surface area contributed by atoms with Crippen LogP contribution >= 0.6 is 0 Å². The van der Waals surface area contributed by atoms with Gasteiger partial charge in [0.1, 0.15) is 0 Å². The van der Waals surface area contributed by atoms with Crippen LogP contribution in [0.15, 0.2) is 0 Å². The van der Waals surface area contributed by atoms with E-state index in [-0.39, 0.29) is 0 Å². The zero-order chi connectivity index (χ0) is 10.5. The van der Waals surface area contributed by atoms with Crippen molar-refractivity contribution in [2.75, 3.05) is 19.6 Å². The Morgan fingerprint density at radius 2 is 1.77 bits per heavy atom. The molecule has 80 valence electrons. The lowest BCUT2D eigenvalue weighted by atomic mass is 9.93. The Kier molecular flexibility index (Phi) is 5.62. The van der Waals surface area contributed by atoms with Gasteiger partial charge in [0.15, 0.2) is 0 Å². The highest BCUT2D eigenvalue weighted by Crippen LogP contribution is 2.28. The molecule has 0 unspecified atom stereocenters. The molecule has 0 aromatic rings. The molecule has 0 bridgehead atoms. The summed E-state index contributed by atoms with van der Waals surface area (Å²) < 4.78 is 0. The largest absolute Gasteiger partial charge is 0.303 e. The molecule has 1 heteroatoms. The molecule has 1 fully saturated rings. The van der Waals surface area contributed by atoms with Gasteiger partial charge >= 0.3 is 0 Å². The maximum absolute atomic E-state index is 2.59. The third-order valence-electron chi connectivity index (χ3n) is 2.38. The molecule has 0 saturated carbocycles. The monoisotopic (exact) mass is 185 g/mol. The van der Waals surface area contributed by atoms with Gasteiger partial charge in [0.25, 0.3) is 0 Å². The van der Waals surface area contributed by atoms with E-state index < -0.39 is 0 Å². The average molecular weight is 185 g/mol. The van der Waals surface area contributed by atoms with Gasteiger partial charge in [0, 0.05) is 13.1 Å². The van der Waals surface area contributed by atoms with E-state index in [2.05, 4.69) is 32.6 Å². The van der Waals surface area contributed by atoms with E-state index in [1.165, 1.54) is 26.1 Å². The van der Waals surface area contributed by atoms with Crippen LogP contribution in [0.1, 0.15) is 48.0 Å². The van der Waals surface area contributed by atoms with Crippen LogP contribution in [0.3, 0.4) is 0 Å². The Morgan fingerprint density at radius 3 is 2.08 bits per heavy atom. The van der Waals surface area contributed by atoms with Crippen molar-refractivity contribution in [2.24, 2.45) is 11.3 Å². The molecule has 0 radical (unpaired) electrons. The first-order chi connectivity index (χ1) is 5.99. The van der Waals surface area contributed by atoms with E-state index >= 15 is 0 Å². The maximum atomic E-state index is 2.59. The fourth-order valence-electron chi connectivity index (χ4n) is 1.90. The molecule has 13 heavy (non-hydrogen) atoms. The van der Waals surface area contributed by atoms with Crippen LogP contribution in [0.4, 0.5) is 0 Å². The molecule has 0 aromatic heterocycles. The number of rotatable bonds is 2. The SMILES string of the molecule is CC.CC(C)CN1CCC(C)(C)C1. The minimum Gasteiger partial charge on any atom is -0.303 e. The summed E-state index contributed by atoms with van der Waals surface area (Å²) in [4.78, 5) is 2.59. The molecule has 1 rings (SSSR count). The summed E-state index contributed by atoms with van der Waals surface area (Å²) in [6.45, 7) is 17.2. The van der Waals surface area contributed by atoms with Gasteiger partial charge in [-0.1, -0.05) is 41.5 Å². The molecule has 1 aliphatic heterocycles. The van der Waals surface area contributed by atoms with Gasteiger partial charge in [-0.3, -0.25) is 0 Å². The predicted octanol–water partition coefficient (Wildman–Crippen LogP) is 3.40. The zero-order valence-corrected chi connectivity index (χ0v) is 10.4. The Labute approximate surface area is 84.5 Å². The summed E-state index contributed by atoms with van der Waals surface area (Å²) in [7, 11) is 0. The van der Waals surface area contributed by atoms with Crippen LogP contribution in [0, 0.1) is 11.3 Å². The van der Waals surface area contributed by atoms with E-state index in [1.54, 1.807) is 0 Å². The van der Waals surface area contributed by atoms with E-state index in [4.69, 9.17) is 0 Å². The predicted molar refractivity (Wildman–Crippen MR) is 61.0 cm³/mol. The molecule has 0 atom stereocenters. The van der Waals surface area contributed by atoms with E-state index in [0.717, 1.165) is 5.92 Å². The molecule has 1 saturated heterocycles. The number of hydrogen-bond donors (Lipinski definition) is 0. The number of likely N-dealkylation sites (tertiary alicyclic amines) is 1. The Hall–Kier alpha value is -0.0400. The van der Waals surface area contributed by atoms with E-state index in [9.17, 15) is 0 Å². The molecule has 0 spiro atoms. The third-order valence-corrected chi connectivity index (χ3v) is 2.38. The summed E-state index contributed by atoms with van der Waals surface area (Å²) in [5.74, 6) is 0.823. The maximum Gasteiger partial charge on any atom is 0.00333 e. The summed E-state index contributed by atoms with van der Waals surface area (Å²) in [5, 5.41) is 0. The van der Waals surface area contributed by atoms with Gasteiger partial charge in [-0.2, -0.15) is 0 Å². The molecule has 1 aliphatic rings. The van der Waals surface area contributed by atoms with Gasteiger partial charge in [-0.25, -0.2) is 0 Å². The number of nitrogens with zero attached hydrogens (tertiary/aromatic N) is 1. The average Bonchev–Trinajstić information content (AvgIpc) is 2.33. The van der Waals surface area contributed by atoms with Gasteiger partial charge in [-0.05, 0) is 24.3 Å². The molecular weight excluding hydrogens is 158 g/mol. The standard InChI is InChI=1S/C10H21N.C2H6/c1-9(2)7-11-6-5-10(3,4)8-11;1-2/h9H,5-8H2,1-4H3;1-2H3. The van der Waals surface area contributed by atoms with Gasteiger partial charge < -0.3 is 4.90 Å². The Bertz CT molecular complexity index is 127. The third kappa shape index (κ3) is 5.30. The normalized spacial score (nSPS) is 21.5. The van der Waals surface area contributed by atoms with Gasteiger partial charge in [0.2, 0.25) is 0 Å². The molecule has 0 aliphatic carbocycles. The minimum atomic E-state index is 0.578. The van der Waals surface area contributed by atoms with E-state index in [1.807, 2.05) is 13.8 Å². The highest BCUT2D eigenvalue weighted by Gasteiger charge is 2.28. The molecule has 0 amide bonds. The summed E-state index contributed by atoms with van der Waals surface area (Å²) in [6, 6.07) is 0. The van der Waals surface area contributed by atoms with Crippen molar-refractivity contribution in [1.82, 2.24) is 4.90 Å². The Balaban J connectivity index is 0.000000671. The smallest absolute Gasteiger partial charge is 0.00333 e. The Morgan fingerprint density at radius 1 is 1.23 bits per heavy atom. The van der Waals surface area contributed by atoms with Crippen molar-refractivity contribution in [1.29, 1.82) is 0 Å². The number of hydrogen-bond acceptors (Lipinski definition) is 1. The second-order valence-corrected chi connectivity index (χ2v) is 5.04. The first-order valence-electron chi connectivity index (χ1n) is 5.72. The van der Waals surface area contributed by atoms with Crippen LogP contribution in [-0.2, 0) is 0 Å². The van der Waals surface area contributed by atoms with Crippen molar-refractivity contribution in [3.63, 3.8) is 0 Å². The fourth-order valence-corrected chi connectivity index (χ4v) is 1.90. The first kappa shape index (κ1) is 13.0. The van der Waals surface area contributed by atoms with Crippen LogP contribution in [0.25, 0.3) is 0 Å². The van der Waals surface area contributed by atoms with Crippen LogP contribution in [-0.4, -0.2) is 24.5 Å². The minimum absolute atomic E-state index is 0.578. The fraction of sp³-hybridized carbons (Fsp3) is 1.00. The molecule has 0 aromatic carbocycles. The van der Waals surface area contributed by atoms with Crippen LogP contribution < -0.4 is 0 Å². The lowest BCUT2D eigenvalue weighted by molar-refractivity contribution is 0.263. The van der Waals surface area contributed by atoms with Crippen molar-refractivity contribution in [3.8, 4) is 0 Å². The van der Waals surface area contributed by atoms with Gasteiger partial charge in [0.05, 0.1) is 0 Å². The van der Waals surface area contributed by atoms with Gasteiger partial charge in [-0.15, -0.1) is 0 Å². The highest BCUT2D eigenvalue weighted by atomic mass is 15.2. The summed E-state index contributed by atoms with van der Waals surface area (Å²) in [5.41, 5.74) is 0.578. The zero-order valence-electron chi connectivity index (χ0n) is 10.4. The van der Waals surface area contributed by atoms with Crippen molar-refractivity contribution >= 4 is 0 Å². The summed E-state index contributed by atoms with van der Waals surface area (Å²) >= 11 is 0. The van der Waals surface area contributed by atoms with Crippen LogP contribution in [0.5, 0.6) is 0 Å². The van der Waals surface area contributed by atoms with E-state index in [0.29, 0.717) is 5.41 Å². The molecule has 0 N–H and O–H groups in total. The topological polar surface area (TPSA) is 3.24 Å².